The molecular formula is C19H24N2O3. The van der Waals surface area contributed by atoms with Crippen LogP contribution in [0.2, 0.25) is 0 Å². The molecule has 0 radical (unpaired) electrons. The third kappa shape index (κ3) is 4.41. The highest BCUT2D eigenvalue weighted by atomic mass is 16.5. The normalized spacial score (nSPS) is 10.8. The van der Waals surface area contributed by atoms with Gasteiger partial charge in [-0.3, -0.25) is 0 Å². The van der Waals surface area contributed by atoms with E-state index in [0.717, 1.165) is 11.3 Å². The molecule has 2 aromatic carbocycles. The quantitative estimate of drug-likeness (QED) is 0.848. The SMILES string of the molecule is COc1ccc(C(C)(C)CNC(=O)Nc2ccccc2)cc1OC. The van der Waals surface area contributed by atoms with E-state index in [-0.39, 0.29) is 11.4 Å². The molecule has 2 rings (SSSR count). The van der Waals surface area contributed by atoms with Crippen molar-refractivity contribution in [1.82, 2.24) is 5.32 Å². The van der Waals surface area contributed by atoms with Gasteiger partial charge in [0.05, 0.1) is 14.2 Å². The van der Waals surface area contributed by atoms with E-state index in [1.807, 2.05) is 48.5 Å². The summed E-state index contributed by atoms with van der Waals surface area (Å²) in [7, 11) is 3.22. The molecule has 0 aliphatic carbocycles. The van der Waals surface area contributed by atoms with Crippen molar-refractivity contribution in [3.05, 3.63) is 54.1 Å². The summed E-state index contributed by atoms with van der Waals surface area (Å²) >= 11 is 0. The number of para-hydroxylation sites is 1. The van der Waals surface area contributed by atoms with Crippen LogP contribution in [0.25, 0.3) is 0 Å². The number of carbonyl (C=O) groups is 1. The Balaban J connectivity index is 2.01. The number of hydrogen-bond donors (Lipinski definition) is 2. The van der Waals surface area contributed by atoms with Gasteiger partial charge in [0, 0.05) is 17.6 Å². The molecule has 0 unspecified atom stereocenters. The second-order valence-electron chi connectivity index (χ2n) is 6.13. The zero-order valence-corrected chi connectivity index (χ0v) is 14.6. The summed E-state index contributed by atoms with van der Waals surface area (Å²) in [5, 5.41) is 5.73. The van der Waals surface area contributed by atoms with E-state index < -0.39 is 0 Å². The molecule has 0 saturated carbocycles. The Hall–Kier alpha value is -2.69. The minimum absolute atomic E-state index is 0.227. The van der Waals surface area contributed by atoms with Crippen molar-refractivity contribution in [3.63, 3.8) is 0 Å². The lowest BCUT2D eigenvalue weighted by Crippen LogP contribution is -2.39. The molecule has 5 heteroatoms. The molecule has 5 nitrogen and oxygen atoms in total. The number of urea groups is 1. The number of anilines is 1. The van der Waals surface area contributed by atoms with Crippen LogP contribution in [0.5, 0.6) is 11.5 Å². The summed E-state index contributed by atoms with van der Waals surface area (Å²) in [5.41, 5.74) is 1.56. The average molecular weight is 328 g/mol. The zero-order chi connectivity index (χ0) is 17.6. The van der Waals surface area contributed by atoms with Gasteiger partial charge < -0.3 is 20.1 Å². The highest BCUT2D eigenvalue weighted by molar-refractivity contribution is 5.89. The minimum atomic E-state index is -0.256. The van der Waals surface area contributed by atoms with E-state index in [0.29, 0.717) is 18.0 Å². The van der Waals surface area contributed by atoms with Crippen molar-refractivity contribution in [1.29, 1.82) is 0 Å². The molecule has 2 N–H and O–H groups in total. The molecule has 2 amide bonds. The van der Waals surface area contributed by atoms with Crippen LogP contribution in [0.4, 0.5) is 10.5 Å². The fraction of sp³-hybridized carbons (Fsp3) is 0.316. The van der Waals surface area contributed by atoms with Gasteiger partial charge in [-0.15, -0.1) is 0 Å². The summed E-state index contributed by atoms with van der Waals surface area (Å²) in [4.78, 5) is 12.0. The van der Waals surface area contributed by atoms with Crippen LogP contribution in [0.1, 0.15) is 19.4 Å². The lowest BCUT2D eigenvalue weighted by Gasteiger charge is -2.26. The van der Waals surface area contributed by atoms with Crippen LogP contribution >= 0.6 is 0 Å². The second kappa shape index (κ2) is 7.73. The first-order valence-electron chi connectivity index (χ1n) is 7.78. The lowest BCUT2D eigenvalue weighted by atomic mass is 9.84. The van der Waals surface area contributed by atoms with E-state index >= 15 is 0 Å². The fourth-order valence-corrected chi connectivity index (χ4v) is 2.36. The first-order valence-corrected chi connectivity index (χ1v) is 7.78. The van der Waals surface area contributed by atoms with Gasteiger partial charge in [0.1, 0.15) is 0 Å². The third-order valence-corrected chi connectivity index (χ3v) is 3.89. The van der Waals surface area contributed by atoms with Crippen molar-refractivity contribution in [2.45, 2.75) is 19.3 Å². The molecule has 0 aliphatic rings. The number of nitrogens with one attached hydrogen (secondary N) is 2. The van der Waals surface area contributed by atoms with Gasteiger partial charge in [0.25, 0.3) is 0 Å². The Bertz CT molecular complexity index is 684. The van der Waals surface area contributed by atoms with Gasteiger partial charge in [0.15, 0.2) is 11.5 Å². The van der Waals surface area contributed by atoms with Crippen LogP contribution in [0.15, 0.2) is 48.5 Å². The van der Waals surface area contributed by atoms with Crippen LogP contribution in [-0.4, -0.2) is 26.8 Å². The molecule has 0 bridgehead atoms. The Kier molecular flexibility index (Phi) is 5.68. The van der Waals surface area contributed by atoms with Gasteiger partial charge in [-0.25, -0.2) is 4.79 Å². The van der Waals surface area contributed by atoms with Crippen molar-refractivity contribution in [2.75, 3.05) is 26.1 Å². The van der Waals surface area contributed by atoms with Crippen LogP contribution in [0.3, 0.4) is 0 Å². The molecule has 128 valence electrons. The van der Waals surface area contributed by atoms with Crippen molar-refractivity contribution in [2.24, 2.45) is 0 Å². The van der Waals surface area contributed by atoms with E-state index in [4.69, 9.17) is 9.47 Å². The van der Waals surface area contributed by atoms with Gasteiger partial charge in [-0.2, -0.15) is 0 Å². The van der Waals surface area contributed by atoms with Crippen LogP contribution in [0, 0.1) is 0 Å². The van der Waals surface area contributed by atoms with Gasteiger partial charge >= 0.3 is 6.03 Å². The van der Waals surface area contributed by atoms with Gasteiger partial charge in [0.2, 0.25) is 0 Å². The van der Waals surface area contributed by atoms with Crippen molar-refractivity contribution in [3.8, 4) is 11.5 Å². The Morgan fingerprint density at radius 3 is 2.29 bits per heavy atom. The van der Waals surface area contributed by atoms with Gasteiger partial charge in [-0.1, -0.05) is 38.1 Å². The highest BCUT2D eigenvalue weighted by Gasteiger charge is 2.23. The molecule has 0 aliphatic heterocycles. The summed E-state index contributed by atoms with van der Waals surface area (Å²) in [6.07, 6.45) is 0. The van der Waals surface area contributed by atoms with Crippen molar-refractivity contribution < 1.29 is 14.3 Å². The number of rotatable bonds is 6. The molecule has 0 fully saturated rings. The van der Waals surface area contributed by atoms with E-state index in [2.05, 4.69) is 24.5 Å². The monoisotopic (exact) mass is 328 g/mol. The molecule has 0 spiro atoms. The summed E-state index contributed by atoms with van der Waals surface area (Å²) in [5.74, 6) is 1.36. The number of amides is 2. The second-order valence-corrected chi connectivity index (χ2v) is 6.13. The molecule has 0 atom stereocenters. The molecule has 0 heterocycles. The predicted octanol–water partition coefficient (Wildman–Crippen LogP) is 3.80. The lowest BCUT2D eigenvalue weighted by molar-refractivity contribution is 0.249. The van der Waals surface area contributed by atoms with E-state index in [9.17, 15) is 4.79 Å². The molecule has 0 saturated heterocycles. The maximum absolute atomic E-state index is 12.0. The Morgan fingerprint density at radius 2 is 1.67 bits per heavy atom. The third-order valence-electron chi connectivity index (χ3n) is 3.89. The molecule has 0 aromatic heterocycles. The first kappa shape index (κ1) is 17.7. The topological polar surface area (TPSA) is 59.6 Å². The smallest absolute Gasteiger partial charge is 0.319 e. The fourth-order valence-electron chi connectivity index (χ4n) is 2.36. The van der Waals surface area contributed by atoms with E-state index in [1.54, 1.807) is 14.2 Å². The number of ether oxygens (including phenoxy) is 2. The highest BCUT2D eigenvalue weighted by Crippen LogP contribution is 2.32. The molecule has 2 aromatic rings. The predicted molar refractivity (Wildman–Crippen MR) is 96.0 cm³/mol. The Morgan fingerprint density at radius 1 is 1.00 bits per heavy atom. The number of carbonyl (C=O) groups excluding carboxylic acids is 1. The average Bonchev–Trinajstić information content (AvgIpc) is 2.60. The van der Waals surface area contributed by atoms with Crippen molar-refractivity contribution >= 4 is 11.7 Å². The van der Waals surface area contributed by atoms with Gasteiger partial charge in [-0.05, 0) is 29.8 Å². The largest absolute Gasteiger partial charge is 0.493 e. The summed E-state index contributed by atoms with van der Waals surface area (Å²) in [6.45, 7) is 4.62. The molecular weight excluding hydrogens is 304 g/mol. The Labute approximate surface area is 143 Å². The first-order chi connectivity index (χ1) is 11.5. The number of hydrogen-bond acceptors (Lipinski definition) is 3. The van der Waals surface area contributed by atoms with Crippen LogP contribution < -0.4 is 20.1 Å². The summed E-state index contributed by atoms with van der Waals surface area (Å²) < 4.78 is 10.6. The minimum Gasteiger partial charge on any atom is -0.493 e. The maximum Gasteiger partial charge on any atom is 0.319 e. The number of methoxy groups -OCH3 is 2. The number of benzene rings is 2. The standard InChI is InChI=1S/C19H24N2O3/c1-19(2,14-10-11-16(23-3)17(12-14)24-4)13-20-18(22)21-15-8-6-5-7-9-15/h5-12H,13H2,1-4H3,(H2,20,21,22). The summed E-state index contributed by atoms with van der Waals surface area (Å²) in [6, 6.07) is 14.9. The molecule has 24 heavy (non-hydrogen) atoms. The van der Waals surface area contributed by atoms with Crippen LogP contribution in [-0.2, 0) is 5.41 Å². The maximum atomic E-state index is 12.0. The van der Waals surface area contributed by atoms with E-state index in [1.165, 1.54) is 0 Å². The zero-order valence-electron chi connectivity index (χ0n) is 14.6.